The van der Waals surface area contributed by atoms with Gasteiger partial charge in [0.15, 0.2) is 6.29 Å². The lowest BCUT2D eigenvalue weighted by Crippen LogP contribution is -2.40. The molecule has 0 aromatic rings. The first-order valence-electron chi connectivity index (χ1n) is 3.56. The van der Waals surface area contributed by atoms with Crippen LogP contribution in [0.2, 0.25) is 0 Å². The van der Waals surface area contributed by atoms with Crippen molar-refractivity contribution in [2.75, 3.05) is 6.61 Å². The largest absolute Gasteiger partial charge is 0.394 e. The highest BCUT2D eigenvalue weighted by Gasteiger charge is 2.44. The third kappa shape index (κ3) is 1.58. The molecule has 0 aliphatic carbocycles. The lowest BCUT2D eigenvalue weighted by atomic mass is 10.1. The molecule has 1 aliphatic rings. The first-order valence-corrected chi connectivity index (χ1v) is 3.56. The van der Waals surface area contributed by atoms with Gasteiger partial charge in [0.2, 0.25) is 0 Å². The quantitative estimate of drug-likeness (QED) is 0.306. The zero-order valence-corrected chi connectivity index (χ0v) is 6.24. The molecule has 0 radical (unpaired) electrons. The van der Waals surface area contributed by atoms with Crippen molar-refractivity contribution in [3.8, 4) is 0 Å². The van der Waals surface area contributed by atoms with Gasteiger partial charge in [-0.15, -0.1) is 0 Å². The normalized spacial score (nSPS) is 44.8. The molecule has 1 saturated heterocycles. The molecule has 72 valence electrons. The Labute approximate surface area is 68.6 Å². The molecule has 1 fully saturated rings. The predicted octanol–water partition coefficient (Wildman–Crippen LogP) is -3.22. The lowest BCUT2D eigenvalue weighted by Gasteiger charge is -2.18. The van der Waals surface area contributed by atoms with Crippen LogP contribution in [-0.2, 0) is 4.74 Å². The van der Waals surface area contributed by atoms with E-state index in [4.69, 9.17) is 25.5 Å². The monoisotopic (exact) mass is 180 g/mol. The molecule has 0 amide bonds. The van der Waals surface area contributed by atoms with E-state index in [1.54, 1.807) is 0 Å². The molecule has 0 aromatic carbocycles. The van der Waals surface area contributed by atoms with Crippen LogP contribution in [0, 0.1) is 0 Å². The van der Waals surface area contributed by atoms with Crippen LogP contribution in [0.1, 0.15) is 0 Å². The van der Waals surface area contributed by atoms with Crippen molar-refractivity contribution in [3.05, 3.63) is 0 Å². The second kappa shape index (κ2) is 3.65. The summed E-state index contributed by atoms with van der Waals surface area (Å²) in [5.41, 5.74) is 0. The van der Waals surface area contributed by atoms with Gasteiger partial charge in [0.05, 0.1) is 6.61 Å². The molecule has 6 nitrogen and oxygen atoms in total. The van der Waals surface area contributed by atoms with Crippen molar-refractivity contribution in [2.24, 2.45) is 0 Å². The van der Waals surface area contributed by atoms with Gasteiger partial charge < -0.3 is 30.3 Å². The van der Waals surface area contributed by atoms with Crippen molar-refractivity contribution in [1.82, 2.24) is 0 Å². The minimum Gasteiger partial charge on any atom is -0.394 e. The highest BCUT2D eigenvalue weighted by molar-refractivity contribution is 4.89. The Hall–Kier alpha value is -0.240. The molecule has 1 aliphatic heterocycles. The predicted molar refractivity (Wildman–Crippen MR) is 36.0 cm³/mol. The summed E-state index contributed by atoms with van der Waals surface area (Å²) < 4.78 is 4.58. The number of hydrogen-bond donors (Lipinski definition) is 5. The van der Waals surface area contributed by atoms with E-state index in [0.29, 0.717) is 0 Å². The molecule has 5 atom stereocenters. The fourth-order valence-electron chi connectivity index (χ4n) is 1.11. The smallest absolute Gasteiger partial charge is 0.184 e. The molecule has 0 bridgehead atoms. The van der Waals surface area contributed by atoms with Crippen LogP contribution in [0.3, 0.4) is 0 Å². The highest BCUT2D eigenvalue weighted by Crippen LogP contribution is 2.21. The topological polar surface area (TPSA) is 110 Å². The van der Waals surface area contributed by atoms with Crippen LogP contribution in [0.15, 0.2) is 0 Å². The number of ether oxygens (including phenoxy) is 1. The van der Waals surface area contributed by atoms with Crippen LogP contribution in [-0.4, -0.2) is 62.8 Å². The van der Waals surface area contributed by atoms with E-state index in [9.17, 15) is 0 Å². The van der Waals surface area contributed by atoms with Crippen molar-refractivity contribution >= 4 is 0 Å². The van der Waals surface area contributed by atoms with Crippen LogP contribution in [0.25, 0.3) is 0 Å². The first kappa shape index (κ1) is 9.85. The van der Waals surface area contributed by atoms with Gasteiger partial charge in [-0.2, -0.15) is 0 Å². The summed E-state index contributed by atoms with van der Waals surface area (Å²) in [6.45, 7) is -0.596. The zero-order valence-electron chi connectivity index (χ0n) is 6.24. The third-order valence-corrected chi connectivity index (χ3v) is 1.84. The van der Waals surface area contributed by atoms with E-state index >= 15 is 0 Å². The Morgan fingerprint density at radius 2 is 1.75 bits per heavy atom. The second-order valence-corrected chi connectivity index (χ2v) is 2.72. The van der Waals surface area contributed by atoms with Crippen LogP contribution in [0.5, 0.6) is 0 Å². The number of aliphatic hydroxyl groups excluding tert-OH is 5. The van der Waals surface area contributed by atoms with Gasteiger partial charge in [-0.1, -0.05) is 0 Å². The summed E-state index contributed by atoms with van der Waals surface area (Å²) in [6.07, 6.45) is -6.75. The molecule has 6 heteroatoms. The lowest BCUT2D eigenvalue weighted by molar-refractivity contribution is -0.150. The fourth-order valence-corrected chi connectivity index (χ4v) is 1.11. The maximum absolute atomic E-state index is 9.12. The molecule has 1 rings (SSSR count). The minimum atomic E-state index is -1.51. The molecule has 5 N–H and O–H groups in total. The van der Waals surface area contributed by atoms with E-state index in [1.165, 1.54) is 0 Å². The summed E-state index contributed by atoms with van der Waals surface area (Å²) in [5, 5.41) is 44.4. The van der Waals surface area contributed by atoms with Crippen LogP contribution in [0.4, 0.5) is 0 Å². The summed E-state index contributed by atoms with van der Waals surface area (Å²) in [7, 11) is 0. The van der Waals surface area contributed by atoms with Gasteiger partial charge in [0.1, 0.15) is 24.4 Å². The standard InChI is InChI=1S/C6H12O6/c7-1-2(8)5-3(9)4(10)6(11)12-5/h2-11H,1H2/t2-,3+,4-,5?,6?/m1/s1. The van der Waals surface area contributed by atoms with Crippen molar-refractivity contribution in [3.63, 3.8) is 0 Å². The Morgan fingerprint density at radius 1 is 1.17 bits per heavy atom. The van der Waals surface area contributed by atoms with Gasteiger partial charge in [0, 0.05) is 0 Å². The van der Waals surface area contributed by atoms with Crippen molar-refractivity contribution < 1.29 is 30.3 Å². The Morgan fingerprint density at radius 3 is 2.08 bits per heavy atom. The Balaban J connectivity index is 2.58. The summed E-state index contributed by atoms with van der Waals surface area (Å²) in [4.78, 5) is 0. The van der Waals surface area contributed by atoms with Gasteiger partial charge in [0.25, 0.3) is 0 Å². The zero-order chi connectivity index (χ0) is 9.30. The molecular formula is C6H12O6. The number of aliphatic hydroxyl groups is 5. The van der Waals surface area contributed by atoms with Gasteiger partial charge in [-0.25, -0.2) is 0 Å². The van der Waals surface area contributed by atoms with E-state index in [1.807, 2.05) is 0 Å². The summed E-state index contributed by atoms with van der Waals surface area (Å²) >= 11 is 0. The maximum atomic E-state index is 9.12. The summed E-state index contributed by atoms with van der Waals surface area (Å²) in [5.74, 6) is 0. The maximum Gasteiger partial charge on any atom is 0.184 e. The van der Waals surface area contributed by atoms with Gasteiger partial charge in [-0.3, -0.25) is 0 Å². The number of rotatable bonds is 2. The van der Waals surface area contributed by atoms with Crippen LogP contribution >= 0.6 is 0 Å². The number of hydrogen-bond acceptors (Lipinski definition) is 6. The molecule has 0 saturated carbocycles. The van der Waals surface area contributed by atoms with E-state index in [-0.39, 0.29) is 0 Å². The van der Waals surface area contributed by atoms with E-state index in [2.05, 4.69) is 4.74 Å². The summed E-state index contributed by atoms with van der Waals surface area (Å²) in [6, 6.07) is 0. The molecular weight excluding hydrogens is 168 g/mol. The van der Waals surface area contributed by atoms with Gasteiger partial charge in [-0.05, 0) is 0 Å². The molecule has 2 unspecified atom stereocenters. The highest BCUT2D eigenvalue weighted by atomic mass is 16.6. The average molecular weight is 180 g/mol. The average Bonchev–Trinajstić information content (AvgIpc) is 2.32. The van der Waals surface area contributed by atoms with E-state index in [0.717, 1.165) is 0 Å². The van der Waals surface area contributed by atoms with Crippen molar-refractivity contribution in [1.29, 1.82) is 0 Å². The fraction of sp³-hybridized carbons (Fsp3) is 1.00. The molecule has 0 aromatic heterocycles. The molecule has 1 heterocycles. The van der Waals surface area contributed by atoms with Gasteiger partial charge >= 0.3 is 0 Å². The molecule has 12 heavy (non-hydrogen) atoms. The SMILES string of the molecule is OC[C@@H](O)C1OC(O)[C@H](O)[C@@H]1O. The van der Waals surface area contributed by atoms with E-state index < -0.39 is 37.3 Å². The Bertz CT molecular complexity index is 151. The minimum absolute atomic E-state index is 0.596. The van der Waals surface area contributed by atoms with Crippen LogP contribution < -0.4 is 0 Å². The third-order valence-electron chi connectivity index (χ3n) is 1.84. The second-order valence-electron chi connectivity index (χ2n) is 2.72. The van der Waals surface area contributed by atoms with Crippen molar-refractivity contribution in [2.45, 2.75) is 30.7 Å². The first-order chi connectivity index (χ1) is 5.57. The molecule has 0 spiro atoms. The Kier molecular flexibility index (Phi) is 2.99.